The minimum Gasteiger partial charge on any atom is -0.371 e. The summed E-state index contributed by atoms with van der Waals surface area (Å²) in [6.45, 7) is 18.2. The highest BCUT2D eigenvalue weighted by Crippen LogP contribution is 2.27. The molecule has 21 heavy (non-hydrogen) atoms. The summed E-state index contributed by atoms with van der Waals surface area (Å²) in [5.41, 5.74) is 2.74. The summed E-state index contributed by atoms with van der Waals surface area (Å²) in [5, 5.41) is 0. The molecule has 1 aromatic carbocycles. The molecule has 0 saturated carbocycles. The third-order valence-electron chi connectivity index (χ3n) is 3.91. The third-order valence-corrected chi connectivity index (χ3v) is 7.13. The van der Waals surface area contributed by atoms with Gasteiger partial charge >= 0.3 is 8.91 Å². The monoisotopic (exact) mass is 303 g/mol. The molecule has 0 atom stereocenters. The van der Waals surface area contributed by atoms with E-state index in [0.717, 1.165) is 18.8 Å². The normalized spacial score (nSPS) is 16.6. The van der Waals surface area contributed by atoms with E-state index in [9.17, 15) is 0 Å². The molecule has 0 spiro atoms. The van der Waals surface area contributed by atoms with Gasteiger partial charge in [0.1, 0.15) is 0 Å². The lowest BCUT2D eigenvalue weighted by Crippen LogP contribution is -2.51. The van der Waals surface area contributed by atoms with Crippen LogP contribution in [0.25, 0.3) is 0 Å². The number of hydrogen-bond acceptors (Lipinski definition) is 1. The highest BCUT2D eigenvalue weighted by Gasteiger charge is 2.40. The van der Waals surface area contributed by atoms with Crippen molar-refractivity contribution in [3.05, 3.63) is 29.8 Å². The molecule has 0 aromatic heterocycles. The molecule has 3 nitrogen and oxygen atoms in total. The second-order valence-electron chi connectivity index (χ2n) is 7.89. The number of rotatable bonds is 1. The average molecular weight is 304 g/mol. The zero-order valence-corrected chi connectivity index (χ0v) is 15.6. The first kappa shape index (κ1) is 16.2. The second-order valence-corrected chi connectivity index (χ2v) is 9.80. The van der Waals surface area contributed by atoms with Crippen LogP contribution in [0.3, 0.4) is 0 Å². The zero-order chi connectivity index (χ0) is 15.8. The van der Waals surface area contributed by atoms with Gasteiger partial charge in [0.15, 0.2) is 0 Å². The summed E-state index contributed by atoms with van der Waals surface area (Å²) in [7, 11) is -1.08. The standard InChI is InChI=1S/C17H29N3Si/c1-14-8-10-15(11-9-14)18-21-19(16(2,3)4)12-13-20(21)17(5,6)7/h8-11H,12-13H2,1-7H3. The maximum absolute atomic E-state index is 5.15. The van der Waals surface area contributed by atoms with Crippen molar-refractivity contribution < 1.29 is 0 Å². The van der Waals surface area contributed by atoms with Crippen LogP contribution in [0.5, 0.6) is 0 Å². The predicted molar refractivity (Wildman–Crippen MR) is 91.9 cm³/mol. The van der Waals surface area contributed by atoms with Gasteiger partial charge < -0.3 is 9.13 Å². The van der Waals surface area contributed by atoms with E-state index in [1.807, 2.05) is 0 Å². The SMILES string of the molecule is Cc1ccc(N=[Si]2N(C(C)(C)C)CCN2C(C)(C)C)cc1. The molecule has 0 aliphatic carbocycles. The molecule has 0 amide bonds. The first-order valence-corrected chi connectivity index (χ1v) is 9.14. The maximum atomic E-state index is 5.15. The van der Waals surface area contributed by atoms with Crippen molar-refractivity contribution >= 4 is 14.6 Å². The van der Waals surface area contributed by atoms with Crippen molar-refractivity contribution in [3.8, 4) is 0 Å². The Hall–Kier alpha value is -1.16. The molecule has 116 valence electrons. The molecule has 4 heteroatoms. The Morgan fingerprint density at radius 1 is 0.857 bits per heavy atom. The van der Waals surface area contributed by atoms with E-state index in [1.165, 1.54) is 5.56 Å². The molecular weight excluding hydrogens is 274 g/mol. The first-order valence-electron chi connectivity index (χ1n) is 7.80. The van der Waals surface area contributed by atoms with Gasteiger partial charge in [0.05, 0.1) is 5.69 Å². The Kier molecular flexibility index (Phi) is 4.29. The fourth-order valence-electron chi connectivity index (χ4n) is 2.67. The van der Waals surface area contributed by atoms with Crippen LogP contribution in [0.15, 0.2) is 28.9 Å². The third kappa shape index (κ3) is 3.73. The smallest absolute Gasteiger partial charge is 0.371 e. The van der Waals surface area contributed by atoms with Gasteiger partial charge in [0, 0.05) is 24.2 Å². The Balaban J connectivity index is 2.43. The molecule has 0 N–H and O–H groups in total. The lowest BCUT2D eigenvalue weighted by atomic mass is 10.1. The summed E-state index contributed by atoms with van der Waals surface area (Å²) in [4.78, 5) is 0. The second kappa shape index (κ2) is 5.56. The summed E-state index contributed by atoms with van der Waals surface area (Å²) in [5.74, 6) is 0. The highest BCUT2D eigenvalue weighted by molar-refractivity contribution is 6.42. The molecule has 1 fully saturated rings. The summed E-state index contributed by atoms with van der Waals surface area (Å²) < 4.78 is 10.3. The number of hydrogen-bond donors (Lipinski definition) is 0. The largest absolute Gasteiger partial charge is 0.374 e. The fourth-order valence-corrected chi connectivity index (χ4v) is 5.38. The number of nitrogens with zero attached hydrogens (tertiary/aromatic N) is 3. The minimum atomic E-state index is -1.08. The van der Waals surface area contributed by atoms with Crippen molar-refractivity contribution in [2.45, 2.75) is 59.5 Å². The van der Waals surface area contributed by atoms with Crippen molar-refractivity contribution in [1.29, 1.82) is 0 Å². The minimum absolute atomic E-state index is 0.169. The number of benzene rings is 1. The molecule has 1 aliphatic heterocycles. The van der Waals surface area contributed by atoms with E-state index in [-0.39, 0.29) is 11.1 Å². The van der Waals surface area contributed by atoms with Gasteiger partial charge in [-0.2, -0.15) is 0 Å². The van der Waals surface area contributed by atoms with Gasteiger partial charge in [0.25, 0.3) is 0 Å². The fraction of sp³-hybridized carbons (Fsp3) is 0.647. The van der Waals surface area contributed by atoms with Crippen LogP contribution < -0.4 is 0 Å². The maximum Gasteiger partial charge on any atom is 0.374 e. The summed E-state index contributed by atoms with van der Waals surface area (Å²) in [6, 6.07) is 8.60. The molecule has 0 radical (unpaired) electrons. The molecule has 0 bridgehead atoms. The average Bonchev–Trinajstić information content (AvgIpc) is 2.75. The molecule has 1 aromatic rings. The highest BCUT2D eigenvalue weighted by atomic mass is 28.3. The van der Waals surface area contributed by atoms with Crippen LogP contribution in [0.4, 0.5) is 5.69 Å². The van der Waals surface area contributed by atoms with Crippen LogP contribution in [-0.4, -0.2) is 42.2 Å². The van der Waals surface area contributed by atoms with E-state index in [2.05, 4.69) is 81.9 Å². The lowest BCUT2D eigenvalue weighted by molar-refractivity contribution is 0.271. The summed E-state index contributed by atoms with van der Waals surface area (Å²) >= 11 is 0. The van der Waals surface area contributed by atoms with Gasteiger partial charge in [-0.25, -0.2) is 0 Å². The van der Waals surface area contributed by atoms with Gasteiger partial charge in [0.2, 0.25) is 0 Å². The van der Waals surface area contributed by atoms with Crippen molar-refractivity contribution in [1.82, 2.24) is 9.13 Å². The van der Waals surface area contributed by atoms with E-state index in [4.69, 9.17) is 4.63 Å². The molecule has 1 heterocycles. The predicted octanol–water partition coefficient (Wildman–Crippen LogP) is 4.09. The van der Waals surface area contributed by atoms with E-state index in [0.29, 0.717) is 0 Å². The van der Waals surface area contributed by atoms with E-state index in [1.54, 1.807) is 0 Å². The van der Waals surface area contributed by atoms with Crippen LogP contribution in [0, 0.1) is 6.92 Å². The van der Waals surface area contributed by atoms with Crippen LogP contribution in [0.1, 0.15) is 47.1 Å². The van der Waals surface area contributed by atoms with Gasteiger partial charge in [-0.15, -0.1) is 0 Å². The van der Waals surface area contributed by atoms with Crippen LogP contribution >= 0.6 is 0 Å². The lowest BCUT2D eigenvalue weighted by Gasteiger charge is -2.38. The Labute approximate surface area is 131 Å². The summed E-state index contributed by atoms with van der Waals surface area (Å²) in [6.07, 6.45) is 0. The van der Waals surface area contributed by atoms with Gasteiger partial charge in [-0.1, -0.05) is 17.7 Å². The van der Waals surface area contributed by atoms with E-state index < -0.39 is 8.91 Å². The van der Waals surface area contributed by atoms with Crippen molar-refractivity contribution in [2.24, 2.45) is 4.63 Å². The quantitative estimate of drug-likeness (QED) is 0.728. The van der Waals surface area contributed by atoms with Crippen molar-refractivity contribution in [3.63, 3.8) is 0 Å². The molecule has 2 rings (SSSR count). The Bertz CT molecular complexity index is 496. The van der Waals surface area contributed by atoms with Gasteiger partial charge in [-0.3, -0.25) is 4.63 Å². The first-order chi connectivity index (χ1) is 9.59. The van der Waals surface area contributed by atoms with Gasteiger partial charge in [-0.05, 0) is 60.6 Å². The molecular formula is C17H29N3Si. The number of aryl methyl sites for hydroxylation is 1. The van der Waals surface area contributed by atoms with Crippen molar-refractivity contribution in [2.75, 3.05) is 13.1 Å². The van der Waals surface area contributed by atoms with Crippen LogP contribution in [-0.2, 0) is 0 Å². The van der Waals surface area contributed by atoms with E-state index >= 15 is 0 Å². The zero-order valence-electron chi connectivity index (χ0n) is 14.6. The molecule has 1 aliphatic rings. The molecule has 1 saturated heterocycles. The Morgan fingerprint density at radius 2 is 1.29 bits per heavy atom. The Morgan fingerprint density at radius 3 is 1.67 bits per heavy atom. The molecule has 0 unspecified atom stereocenters. The van der Waals surface area contributed by atoms with Crippen LogP contribution in [0.2, 0.25) is 0 Å². The topological polar surface area (TPSA) is 18.8 Å².